The van der Waals surface area contributed by atoms with Crippen molar-refractivity contribution >= 4 is 28.3 Å². The van der Waals surface area contributed by atoms with Crippen molar-refractivity contribution in [1.29, 1.82) is 0 Å². The van der Waals surface area contributed by atoms with E-state index in [9.17, 15) is 9.59 Å². The number of pyridine rings is 1. The molecule has 2 aromatic carbocycles. The standard InChI is InChI=1S/C28H25N5O2S/c1-2-33-13-11-24-25(18-33)36-28(31-24)32-27(35)21-8-3-6-19(14-21)16-30-26(34)22-9-4-7-20(15-22)23-10-5-12-29-17-23/h2-10,12,14-15,17H,1,11,13,16,18H2,(H,30,34)(H,31,32,35). The molecular formula is C28H25N5O2S. The highest BCUT2D eigenvalue weighted by atomic mass is 32.1. The molecule has 3 heterocycles. The molecule has 0 saturated heterocycles. The summed E-state index contributed by atoms with van der Waals surface area (Å²) in [6.45, 7) is 5.79. The Balaban J connectivity index is 1.21. The molecule has 4 aromatic rings. The van der Waals surface area contributed by atoms with Crippen LogP contribution in [0.3, 0.4) is 0 Å². The fraction of sp³-hybridized carbons (Fsp3) is 0.143. The molecule has 36 heavy (non-hydrogen) atoms. The molecular weight excluding hydrogens is 470 g/mol. The van der Waals surface area contributed by atoms with Gasteiger partial charge in [0.05, 0.1) is 12.2 Å². The van der Waals surface area contributed by atoms with E-state index in [0.29, 0.717) is 22.8 Å². The molecule has 0 atom stereocenters. The Morgan fingerprint density at radius 3 is 2.64 bits per heavy atom. The average Bonchev–Trinajstić information content (AvgIpc) is 3.33. The number of benzene rings is 2. The summed E-state index contributed by atoms with van der Waals surface area (Å²) in [5.74, 6) is -0.406. The second kappa shape index (κ2) is 10.5. The van der Waals surface area contributed by atoms with E-state index in [4.69, 9.17) is 0 Å². The normalized spacial score (nSPS) is 12.5. The van der Waals surface area contributed by atoms with Crippen LogP contribution < -0.4 is 10.6 Å². The molecule has 0 radical (unpaired) electrons. The number of carbonyl (C=O) groups is 2. The molecule has 0 fully saturated rings. The van der Waals surface area contributed by atoms with E-state index in [1.54, 1.807) is 30.6 Å². The maximum atomic E-state index is 12.9. The van der Waals surface area contributed by atoms with Gasteiger partial charge in [-0.25, -0.2) is 4.98 Å². The van der Waals surface area contributed by atoms with E-state index >= 15 is 0 Å². The third-order valence-electron chi connectivity index (χ3n) is 6.00. The predicted molar refractivity (Wildman–Crippen MR) is 142 cm³/mol. The van der Waals surface area contributed by atoms with E-state index in [1.807, 2.05) is 48.7 Å². The molecule has 8 heteroatoms. The Labute approximate surface area is 213 Å². The van der Waals surface area contributed by atoms with Crippen LogP contribution in [0.15, 0.2) is 85.8 Å². The minimum atomic E-state index is -0.223. The van der Waals surface area contributed by atoms with Gasteiger partial charge in [-0.1, -0.05) is 48.2 Å². The number of hydrogen-bond donors (Lipinski definition) is 2. The van der Waals surface area contributed by atoms with Crippen LogP contribution in [0.2, 0.25) is 0 Å². The van der Waals surface area contributed by atoms with Crippen molar-refractivity contribution in [3.63, 3.8) is 0 Å². The van der Waals surface area contributed by atoms with Crippen LogP contribution in [-0.2, 0) is 19.5 Å². The van der Waals surface area contributed by atoms with Crippen molar-refractivity contribution in [2.24, 2.45) is 0 Å². The van der Waals surface area contributed by atoms with Gasteiger partial charge in [0.15, 0.2) is 5.13 Å². The van der Waals surface area contributed by atoms with Crippen molar-refractivity contribution in [2.75, 3.05) is 11.9 Å². The summed E-state index contributed by atoms with van der Waals surface area (Å²) in [7, 11) is 0. The van der Waals surface area contributed by atoms with E-state index in [-0.39, 0.29) is 11.8 Å². The predicted octanol–water partition coefficient (Wildman–Crippen LogP) is 4.89. The molecule has 1 aliphatic heterocycles. The zero-order valence-electron chi connectivity index (χ0n) is 19.6. The molecule has 0 spiro atoms. The van der Waals surface area contributed by atoms with Crippen molar-refractivity contribution in [3.05, 3.63) is 113 Å². The third-order valence-corrected chi connectivity index (χ3v) is 7.00. The summed E-state index contributed by atoms with van der Waals surface area (Å²) in [4.78, 5) is 37.7. The highest BCUT2D eigenvalue weighted by Gasteiger charge is 2.20. The Morgan fingerprint density at radius 2 is 1.83 bits per heavy atom. The van der Waals surface area contributed by atoms with Gasteiger partial charge in [-0.05, 0) is 47.7 Å². The second-order valence-corrected chi connectivity index (χ2v) is 9.54. The number of fused-ring (bicyclic) bond motifs is 1. The van der Waals surface area contributed by atoms with Crippen LogP contribution in [-0.4, -0.2) is 33.2 Å². The maximum absolute atomic E-state index is 12.9. The molecule has 0 unspecified atom stereocenters. The fourth-order valence-electron chi connectivity index (χ4n) is 4.07. The Hall–Kier alpha value is -4.30. The first-order valence-electron chi connectivity index (χ1n) is 11.6. The number of carbonyl (C=O) groups excluding carboxylic acids is 2. The number of rotatable bonds is 7. The molecule has 180 valence electrons. The van der Waals surface area contributed by atoms with Gasteiger partial charge in [0.2, 0.25) is 0 Å². The number of amides is 2. The Bertz CT molecular complexity index is 1420. The molecule has 0 bridgehead atoms. The summed E-state index contributed by atoms with van der Waals surface area (Å²) in [6, 6.07) is 18.5. The minimum absolute atomic E-state index is 0.183. The topological polar surface area (TPSA) is 87.2 Å². The van der Waals surface area contributed by atoms with E-state index in [1.165, 1.54) is 11.3 Å². The van der Waals surface area contributed by atoms with Crippen LogP contribution in [0.25, 0.3) is 11.1 Å². The van der Waals surface area contributed by atoms with Crippen molar-refractivity contribution in [3.8, 4) is 11.1 Å². The number of aromatic nitrogens is 2. The van der Waals surface area contributed by atoms with Crippen molar-refractivity contribution in [1.82, 2.24) is 20.2 Å². The van der Waals surface area contributed by atoms with Gasteiger partial charge in [-0.2, -0.15) is 0 Å². The lowest BCUT2D eigenvalue weighted by molar-refractivity contribution is 0.0950. The molecule has 5 rings (SSSR count). The van der Waals surface area contributed by atoms with Crippen molar-refractivity contribution in [2.45, 2.75) is 19.5 Å². The van der Waals surface area contributed by atoms with Crippen LogP contribution in [0.4, 0.5) is 5.13 Å². The van der Waals surface area contributed by atoms with Crippen LogP contribution in [0.5, 0.6) is 0 Å². The van der Waals surface area contributed by atoms with Gasteiger partial charge in [0.25, 0.3) is 11.8 Å². The molecule has 0 aliphatic carbocycles. The van der Waals surface area contributed by atoms with Crippen LogP contribution >= 0.6 is 11.3 Å². The lowest BCUT2D eigenvalue weighted by Crippen LogP contribution is -2.24. The first kappa shape index (κ1) is 23.4. The van der Waals surface area contributed by atoms with Crippen LogP contribution in [0, 0.1) is 0 Å². The van der Waals surface area contributed by atoms with Gasteiger partial charge < -0.3 is 10.2 Å². The SMILES string of the molecule is C=CN1CCc2nc(NC(=O)c3cccc(CNC(=O)c4cccc(-c5cccnc5)c4)c3)sc2C1. The quantitative estimate of drug-likeness (QED) is 0.381. The largest absolute Gasteiger partial charge is 0.372 e. The molecule has 7 nitrogen and oxygen atoms in total. The summed E-state index contributed by atoms with van der Waals surface area (Å²) < 4.78 is 0. The van der Waals surface area contributed by atoms with Gasteiger partial charge >= 0.3 is 0 Å². The van der Waals surface area contributed by atoms with Crippen molar-refractivity contribution < 1.29 is 9.59 Å². The maximum Gasteiger partial charge on any atom is 0.257 e. The number of anilines is 1. The smallest absolute Gasteiger partial charge is 0.257 e. The lowest BCUT2D eigenvalue weighted by Gasteiger charge is -2.23. The molecule has 2 amide bonds. The molecule has 0 saturated carbocycles. The van der Waals surface area contributed by atoms with E-state index in [2.05, 4.69) is 32.1 Å². The summed E-state index contributed by atoms with van der Waals surface area (Å²) in [5, 5.41) is 6.46. The van der Waals surface area contributed by atoms with Gasteiger partial charge in [0.1, 0.15) is 0 Å². The highest BCUT2D eigenvalue weighted by Crippen LogP contribution is 2.28. The highest BCUT2D eigenvalue weighted by molar-refractivity contribution is 7.15. The van der Waals surface area contributed by atoms with E-state index in [0.717, 1.165) is 46.8 Å². The molecule has 2 aromatic heterocycles. The number of nitrogens with zero attached hydrogens (tertiary/aromatic N) is 3. The van der Waals surface area contributed by atoms with Gasteiger partial charge in [-0.3, -0.25) is 19.9 Å². The lowest BCUT2D eigenvalue weighted by atomic mass is 10.0. The summed E-state index contributed by atoms with van der Waals surface area (Å²) >= 11 is 1.50. The zero-order valence-corrected chi connectivity index (χ0v) is 20.4. The first-order valence-corrected chi connectivity index (χ1v) is 12.4. The average molecular weight is 496 g/mol. The monoisotopic (exact) mass is 495 g/mol. The van der Waals surface area contributed by atoms with Gasteiger partial charge in [-0.15, -0.1) is 0 Å². The zero-order chi connectivity index (χ0) is 24.9. The summed E-state index contributed by atoms with van der Waals surface area (Å²) in [5.41, 5.74) is 4.83. The minimum Gasteiger partial charge on any atom is -0.372 e. The third kappa shape index (κ3) is 5.34. The van der Waals surface area contributed by atoms with Gasteiger partial charge in [0, 0.05) is 53.5 Å². The van der Waals surface area contributed by atoms with E-state index < -0.39 is 0 Å². The fourth-order valence-corrected chi connectivity index (χ4v) is 5.10. The molecule has 2 N–H and O–H groups in total. The Morgan fingerprint density at radius 1 is 1.03 bits per heavy atom. The number of thiazole rings is 1. The first-order chi connectivity index (χ1) is 17.6. The second-order valence-electron chi connectivity index (χ2n) is 8.45. The number of nitrogens with one attached hydrogen (secondary N) is 2. The number of hydrogen-bond acceptors (Lipinski definition) is 6. The van der Waals surface area contributed by atoms with Crippen LogP contribution in [0.1, 0.15) is 36.9 Å². The Kier molecular flexibility index (Phi) is 6.86. The molecule has 1 aliphatic rings. The summed E-state index contributed by atoms with van der Waals surface area (Å²) in [6.07, 6.45) is 6.16.